The summed E-state index contributed by atoms with van der Waals surface area (Å²) in [7, 11) is 0. The summed E-state index contributed by atoms with van der Waals surface area (Å²) in [5, 5.41) is 0.940. The highest BCUT2D eigenvalue weighted by Crippen LogP contribution is 2.28. The van der Waals surface area contributed by atoms with Crippen LogP contribution in [0.3, 0.4) is 0 Å². The number of nitrogen functional groups attached to an aromatic ring is 1. The standard InChI is InChI=1S/C15H15N3OS/c1-2-11-8-12-14(16)17-13(18-15(12)20-11)9-19-10-6-4-3-5-7-10/h3-8H,2,9H2,1H3,(H2,16,17,18). The van der Waals surface area contributed by atoms with Crippen LogP contribution in [0.1, 0.15) is 17.6 Å². The Balaban J connectivity index is 1.85. The van der Waals surface area contributed by atoms with Crippen molar-refractivity contribution < 1.29 is 4.74 Å². The van der Waals surface area contributed by atoms with E-state index in [4.69, 9.17) is 10.5 Å². The number of ether oxygens (including phenoxy) is 1. The summed E-state index contributed by atoms with van der Waals surface area (Å²) >= 11 is 1.66. The second-order valence-electron chi connectivity index (χ2n) is 4.41. The minimum absolute atomic E-state index is 0.323. The van der Waals surface area contributed by atoms with Gasteiger partial charge in [-0.2, -0.15) is 0 Å². The van der Waals surface area contributed by atoms with Crippen LogP contribution in [0, 0.1) is 0 Å². The largest absolute Gasteiger partial charge is 0.486 e. The number of fused-ring (bicyclic) bond motifs is 1. The topological polar surface area (TPSA) is 61.0 Å². The maximum absolute atomic E-state index is 5.99. The van der Waals surface area contributed by atoms with Crippen molar-refractivity contribution in [2.75, 3.05) is 5.73 Å². The monoisotopic (exact) mass is 285 g/mol. The molecule has 0 saturated heterocycles. The van der Waals surface area contributed by atoms with Crippen LogP contribution in [0.2, 0.25) is 0 Å². The Kier molecular flexibility index (Phi) is 3.52. The van der Waals surface area contributed by atoms with Gasteiger partial charge in [0.25, 0.3) is 0 Å². The van der Waals surface area contributed by atoms with Gasteiger partial charge in [0.1, 0.15) is 23.0 Å². The number of nitrogens with two attached hydrogens (primary N) is 1. The van der Waals surface area contributed by atoms with Gasteiger partial charge in [0, 0.05) is 4.88 Å². The van der Waals surface area contributed by atoms with Gasteiger partial charge in [-0.1, -0.05) is 25.1 Å². The predicted octanol–water partition coefficient (Wildman–Crippen LogP) is 3.41. The van der Waals surface area contributed by atoms with E-state index >= 15 is 0 Å². The molecule has 0 saturated carbocycles. The van der Waals surface area contributed by atoms with E-state index in [1.807, 2.05) is 30.3 Å². The number of benzene rings is 1. The average molecular weight is 285 g/mol. The third-order valence-electron chi connectivity index (χ3n) is 2.98. The molecule has 20 heavy (non-hydrogen) atoms. The first-order chi connectivity index (χ1) is 9.76. The van der Waals surface area contributed by atoms with Crippen molar-refractivity contribution in [2.45, 2.75) is 20.0 Å². The summed E-state index contributed by atoms with van der Waals surface area (Å²) in [4.78, 5) is 11.0. The van der Waals surface area contributed by atoms with E-state index in [0.717, 1.165) is 22.4 Å². The van der Waals surface area contributed by atoms with Crippen molar-refractivity contribution in [1.82, 2.24) is 9.97 Å². The van der Waals surface area contributed by atoms with E-state index in [2.05, 4.69) is 23.0 Å². The van der Waals surface area contributed by atoms with Crippen LogP contribution >= 0.6 is 11.3 Å². The molecule has 0 unspecified atom stereocenters. The van der Waals surface area contributed by atoms with Gasteiger partial charge >= 0.3 is 0 Å². The molecule has 4 nitrogen and oxygen atoms in total. The highest BCUT2D eigenvalue weighted by molar-refractivity contribution is 7.18. The van der Waals surface area contributed by atoms with Crippen LogP contribution < -0.4 is 10.5 Å². The fraction of sp³-hybridized carbons (Fsp3) is 0.200. The van der Waals surface area contributed by atoms with E-state index in [-0.39, 0.29) is 0 Å². The molecule has 3 aromatic rings. The lowest BCUT2D eigenvalue weighted by molar-refractivity contribution is 0.296. The van der Waals surface area contributed by atoms with E-state index < -0.39 is 0 Å². The first kappa shape index (κ1) is 12.9. The first-order valence-electron chi connectivity index (χ1n) is 6.49. The minimum Gasteiger partial charge on any atom is -0.486 e. The molecule has 0 amide bonds. The van der Waals surface area contributed by atoms with Gasteiger partial charge < -0.3 is 10.5 Å². The van der Waals surface area contributed by atoms with Crippen molar-refractivity contribution >= 4 is 27.4 Å². The van der Waals surface area contributed by atoms with Gasteiger partial charge in [-0.05, 0) is 24.6 Å². The molecule has 0 spiro atoms. The maximum Gasteiger partial charge on any atom is 0.169 e. The van der Waals surface area contributed by atoms with Crippen LogP contribution in [0.5, 0.6) is 5.75 Å². The summed E-state index contributed by atoms with van der Waals surface area (Å²) in [6.07, 6.45) is 0.982. The fourth-order valence-electron chi connectivity index (χ4n) is 1.94. The highest BCUT2D eigenvalue weighted by Gasteiger charge is 2.09. The quantitative estimate of drug-likeness (QED) is 0.798. The lowest BCUT2D eigenvalue weighted by Crippen LogP contribution is -2.03. The second-order valence-corrected chi connectivity index (χ2v) is 5.53. The SMILES string of the molecule is CCc1cc2c(N)nc(COc3ccccc3)nc2s1. The molecule has 0 bridgehead atoms. The molecule has 2 heterocycles. The van der Waals surface area contributed by atoms with Gasteiger partial charge in [0.2, 0.25) is 0 Å². The first-order valence-corrected chi connectivity index (χ1v) is 7.30. The van der Waals surface area contributed by atoms with Gasteiger partial charge in [-0.15, -0.1) is 11.3 Å². The lowest BCUT2D eigenvalue weighted by atomic mass is 10.3. The number of para-hydroxylation sites is 1. The summed E-state index contributed by atoms with van der Waals surface area (Å²) in [6.45, 7) is 2.44. The molecule has 2 N–H and O–H groups in total. The molecule has 3 rings (SSSR count). The highest BCUT2D eigenvalue weighted by atomic mass is 32.1. The van der Waals surface area contributed by atoms with Crippen LogP contribution in [0.4, 0.5) is 5.82 Å². The van der Waals surface area contributed by atoms with E-state index in [9.17, 15) is 0 Å². The number of hydrogen-bond acceptors (Lipinski definition) is 5. The zero-order valence-corrected chi connectivity index (χ0v) is 12.0. The third-order valence-corrected chi connectivity index (χ3v) is 4.15. The molecule has 0 aliphatic rings. The Bertz CT molecular complexity index is 725. The predicted molar refractivity (Wildman–Crippen MR) is 82.0 cm³/mol. The summed E-state index contributed by atoms with van der Waals surface area (Å²) in [5.74, 6) is 1.94. The smallest absolute Gasteiger partial charge is 0.169 e. The van der Waals surface area contributed by atoms with Crippen molar-refractivity contribution in [3.8, 4) is 5.75 Å². The molecule has 0 aliphatic carbocycles. The molecule has 0 aliphatic heterocycles. The molecular formula is C15H15N3OS. The summed E-state index contributed by atoms with van der Waals surface area (Å²) < 4.78 is 5.65. The Hall–Kier alpha value is -2.14. The number of aromatic nitrogens is 2. The van der Waals surface area contributed by atoms with Crippen molar-refractivity contribution in [2.24, 2.45) is 0 Å². The number of aryl methyl sites for hydroxylation is 1. The number of anilines is 1. The molecule has 5 heteroatoms. The maximum atomic E-state index is 5.99. The lowest BCUT2D eigenvalue weighted by Gasteiger charge is -2.05. The summed E-state index contributed by atoms with van der Waals surface area (Å²) in [6, 6.07) is 11.7. The number of thiophene rings is 1. The number of rotatable bonds is 4. The molecule has 0 atom stereocenters. The second kappa shape index (κ2) is 5.46. The van der Waals surface area contributed by atoms with E-state index in [1.54, 1.807) is 11.3 Å². The van der Waals surface area contributed by atoms with Crippen LogP contribution in [0.15, 0.2) is 36.4 Å². The van der Waals surface area contributed by atoms with Gasteiger partial charge in [-0.25, -0.2) is 9.97 Å². The van der Waals surface area contributed by atoms with Gasteiger partial charge in [0.05, 0.1) is 5.39 Å². The van der Waals surface area contributed by atoms with Crippen molar-refractivity contribution in [3.05, 3.63) is 47.1 Å². The molecule has 0 fully saturated rings. The molecule has 2 aromatic heterocycles. The number of hydrogen-bond donors (Lipinski definition) is 1. The minimum atomic E-state index is 0.323. The zero-order chi connectivity index (χ0) is 13.9. The summed E-state index contributed by atoms with van der Waals surface area (Å²) in [5.41, 5.74) is 5.99. The Morgan fingerprint density at radius 2 is 2.00 bits per heavy atom. The Labute approximate surface area is 121 Å². The Morgan fingerprint density at radius 3 is 2.75 bits per heavy atom. The fourth-order valence-corrected chi connectivity index (χ4v) is 2.94. The van der Waals surface area contributed by atoms with Crippen molar-refractivity contribution in [3.63, 3.8) is 0 Å². The van der Waals surface area contributed by atoms with Crippen molar-refractivity contribution in [1.29, 1.82) is 0 Å². The molecule has 102 valence electrons. The van der Waals surface area contributed by atoms with Crippen LogP contribution in [0.25, 0.3) is 10.2 Å². The normalized spacial score (nSPS) is 10.8. The van der Waals surface area contributed by atoms with E-state index in [1.165, 1.54) is 4.88 Å². The average Bonchev–Trinajstić information content (AvgIpc) is 2.90. The third kappa shape index (κ3) is 2.58. The zero-order valence-electron chi connectivity index (χ0n) is 11.2. The molecule has 0 radical (unpaired) electrons. The van der Waals surface area contributed by atoms with Gasteiger partial charge in [0.15, 0.2) is 5.82 Å². The molecule has 1 aromatic carbocycles. The van der Waals surface area contributed by atoms with E-state index in [0.29, 0.717) is 18.2 Å². The Morgan fingerprint density at radius 1 is 1.20 bits per heavy atom. The number of nitrogens with zero attached hydrogens (tertiary/aromatic N) is 2. The van der Waals surface area contributed by atoms with Crippen LogP contribution in [-0.2, 0) is 13.0 Å². The van der Waals surface area contributed by atoms with Gasteiger partial charge in [-0.3, -0.25) is 0 Å². The molecular weight excluding hydrogens is 270 g/mol. The van der Waals surface area contributed by atoms with Crippen LogP contribution in [-0.4, -0.2) is 9.97 Å².